The van der Waals surface area contributed by atoms with Crippen molar-refractivity contribution in [2.75, 3.05) is 10.6 Å². The van der Waals surface area contributed by atoms with Crippen LogP contribution in [0.25, 0.3) is 11.3 Å². The molecular weight excluding hydrogens is 356 g/mol. The highest BCUT2D eigenvalue weighted by Crippen LogP contribution is 2.21. The van der Waals surface area contributed by atoms with Gasteiger partial charge in [-0.05, 0) is 29.8 Å². The predicted octanol–water partition coefficient (Wildman–Crippen LogP) is 2.98. The molecule has 0 bridgehead atoms. The Hall–Kier alpha value is -3.17. The number of hydrogen-bond donors (Lipinski definition) is 3. The third-order valence-corrected chi connectivity index (χ3v) is 4.47. The van der Waals surface area contributed by atoms with Crippen molar-refractivity contribution in [1.82, 2.24) is 9.78 Å². The van der Waals surface area contributed by atoms with Crippen LogP contribution in [0.3, 0.4) is 0 Å². The van der Waals surface area contributed by atoms with Crippen LogP contribution in [-0.2, 0) is 17.2 Å². The first kappa shape index (κ1) is 17.6. The minimum Gasteiger partial charge on any atom is -0.308 e. The van der Waals surface area contributed by atoms with Crippen molar-refractivity contribution in [1.29, 1.82) is 0 Å². The summed E-state index contributed by atoms with van der Waals surface area (Å²) in [7, 11) is -2.49. The zero-order valence-corrected chi connectivity index (χ0v) is 14.6. The number of carbonyl (C=O) groups is 1. The summed E-state index contributed by atoms with van der Waals surface area (Å²) in [6.45, 7) is 0. The fraction of sp³-hybridized carbons (Fsp3) is 0.0588. The van der Waals surface area contributed by atoms with E-state index in [9.17, 15) is 13.2 Å². The van der Waals surface area contributed by atoms with E-state index in [2.05, 4.69) is 15.7 Å². The summed E-state index contributed by atoms with van der Waals surface area (Å²) in [5.74, 6) is 0.374. The molecule has 26 heavy (non-hydrogen) atoms. The van der Waals surface area contributed by atoms with Crippen LogP contribution >= 0.6 is 0 Å². The number of hydrogen-bond acceptors (Lipinski definition) is 4. The number of urea groups is 1. The number of rotatable bonds is 4. The van der Waals surface area contributed by atoms with Gasteiger partial charge in [0.05, 0.1) is 10.6 Å². The molecule has 0 atom stereocenters. The Morgan fingerprint density at radius 2 is 1.69 bits per heavy atom. The summed E-state index contributed by atoms with van der Waals surface area (Å²) in [5, 5.41) is 9.43. The van der Waals surface area contributed by atoms with E-state index in [0.717, 1.165) is 11.3 Å². The Morgan fingerprint density at radius 3 is 2.31 bits per heavy atom. The number of nitrogens with zero attached hydrogens (tertiary/aromatic N) is 2. The van der Waals surface area contributed by atoms with E-state index in [-0.39, 0.29) is 4.90 Å². The third-order valence-electron chi connectivity index (χ3n) is 3.60. The highest BCUT2D eigenvalue weighted by molar-refractivity contribution is 7.85. The van der Waals surface area contributed by atoms with Gasteiger partial charge in [0.2, 0.25) is 0 Å². The number of nitrogens with one attached hydrogen (secondary N) is 2. The molecule has 1 heterocycles. The first-order valence-electron chi connectivity index (χ1n) is 7.58. The fourth-order valence-corrected chi connectivity index (χ4v) is 2.88. The molecule has 0 fully saturated rings. The van der Waals surface area contributed by atoms with Crippen molar-refractivity contribution in [3.63, 3.8) is 0 Å². The standard InChI is InChI=1S/C17H16N4O4S/c1-21-15(12-5-3-2-4-6-12)11-16(20-21)19-17(22)18-13-7-9-14(10-8-13)26(23,24)25/h2-11H,1H3,(H,23,24,25)(H2,18,19,20,22). The molecule has 9 heteroatoms. The van der Waals surface area contributed by atoms with Crippen molar-refractivity contribution >= 4 is 27.7 Å². The molecule has 1 aromatic heterocycles. The molecule has 3 aromatic rings. The second kappa shape index (κ2) is 6.98. The SMILES string of the molecule is Cn1nc(NC(=O)Nc2ccc(S(=O)(=O)O)cc2)cc1-c1ccccc1. The van der Waals surface area contributed by atoms with Crippen LogP contribution < -0.4 is 10.6 Å². The molecule has 0 aliphatic carbocycles. The molecule has 0 unspecified atom stereocenters. The molecule has 0 aliphatic rings. The van der Waals surface area contributed by atoms with Crippen molar-refractivity contribution in [3.05, 3.63) is 60.7 Å². The van der Waals surface area contributed by atoms with Crippen LogP contribution in [0.4, 0.5) is 16.3 Å². The minimum absolute atomic E-state index is 0.249. The lowest BCUT2D eigenvalue weighted by molar-refractivity contribution is 0.262. The quantitative estimate of drug-likeness (QED) is 0.609. The zero-order chi connectivity index (χ0) is 18.7. The Labute approximate surface area is 150 Å². The van der Waals surface area contributed by atoms with E-state index in [1.165, 1.54) is 24.3 Å². The minimum atomic E-state index is -4.27. The van der Waals surface area contributed by atoms with Gasteiger partial charge in [-0.2, -0.15) is 13.5 Å². The lowest BCUT2D eigenvalue weighted by Gasteiger charge is -2.06. The van der Waals surface area contributed by atoms with Gasteiger partial charge in [-0.3, -0.25) is 14.6 Å². The maximum absolute atomic E-state index is 12.1. The molecule has 3 rings (SSSR count). The summed E-state index contributed by atoms with van der Waals surface area (Å²) in [4.78, 5) is 11.8. The molecule has 8 nitrogen and oxygen atoms in total. The number of aryl methyl sites for hydroxylation is 1. The highest BCUT2D eigenvalue weighted by Gasteiger charge is 2.12. The van der Waals surface area contributed by atoms with Gasteiger partial charge in [-0.1, -0.05) is 30.3 Å². The second-order valence-corrected chi connectivity index (χ2v) is 6.90. The van der Waals surface area contributed by atoms with Crippen LogP contribution in [0.15, 0.2) is 65.6 Å². The van der Waals surface area contributed by atoms with E-state index in [4.69, 9.17) is 4.55 Å². The first-order valence-corrected chi connectivity index (χ1v) is 9.02. The van der Waals surface area contributed by atoms with Gasteiger partial charge < -0.3 is 5.32 Å². The molecule has 3 N–H and O–H groups in total. The average Bonchev–Trinajstić information content (AvgIpc) is 2.95. The van der Waals surface area contributed by atoms with E-state index >= 15 is 0 Å². The van der Waals surface area contributed by atoms with Gasteiger partial charge in [0.1, 0.15) is 0 Å². The maximum atomic E-state index is 12.1. The number of anilines is 2. The van der Waals surface area contributed by atoms with Crippen LogP contribution in [0.5, 0.6) is 0 Å². The summed E-state index contributed by atoms with van der Waals surface area (Å²) < 4.78 is 32.6. The normalized spacial score (nSPS) is 11.2. The average molecular weight is 372 g/mol. The molecule has 0 saturated carbocycles. The Balaban J connectivity index is 1.69. The van der Waals surface area contributed by atoms with E-state index < -0.39 is 16.1 Å². The van der Waals surface area contributed by atoms with Crippen molar-refractivity contribution in [3.8, 4) is 11.3 Å². The van der Waals surface area contributed by atoms with Crippen LogP contribution in [0.1, 0.15) is 0 Å². The van der Waals surface area contributed by atoms with Crippen LogP contribution in [-0.4, -0.2) is 28.8 Å². The first-order chi connectivity index (χ1) is 12.3. The number of amides is 2. The van der Waals surface area contributed by atoms with Gasteiger partial charge in [-0.25, -0.2) is 4.79 Å². The molecule has 0 spiro atoms. The Bertz CT molecular complexity index is 1030. The summed E-state index contributed by atoms with van der Waals surface area (Å²) in [6.07, 6.45) is 0. The van der Waals surface area contributed by atoms with E-state index in [0.29, 0.717) is 11.5 Å². The molecule has 2 amide bonds. The highest BCUT2D eigenvalue weighted by atomic mass is 32.2. The Kier molecular flexibility index (Phi) is 4.74. The van der Waals surface area contributed by atoms with Crippen LogP contribution in [0.2, 0.25) is 0 Å². The molecule has 0 aliphatic heterocycles. The lowest BCUT2D eigenvalue weighted by atomic mass is 10.1. The van der Waals surface area contributed by atoms with Gasteiger partial charge in [0, 0.05) is 18.8 Å². The van der Waals surface area contributed by atoms with Crippen molar-refractivity contribution < 1.29 is 17.8 Å². The maximum Gasteiger partial charge on any atom is 0.324 e. The summed E-state index contributed by atoms with van der Waals surface area (Å²) >= 11 is 0. The molecular formula is C17H16N4O4S. The molecule has 2 aromatic carbocycles. The van der Waals surface area contributed by atoms with Crippen molar-refractivity contribution in [2.24, 2.45) is 7.05 Å². The van der Waals surface area contributed by atoms with Gasteiger partial charge in [-0.15, -0.1) is 0 Å². The van der Waals surface area contributed by atoms with Crippen molar-refractivity contribution in [2.45, 2.75) is 4.90 Å². The smallest absolute Gasteiger partial charge is 0.308 e. The monoisotopic (exact) mass is 372 g/mol. The van der Waals surface area contributed by atoms with Crippen LogP contribution in [0, 0.1) is 0 Å². The third kappa shape index (κ3) is 4.08. The fourth-order valence-electron chi connectivity index (χ4n) is 2.40. The topological polar surface area (TPSA) is 113 Å². The number of benzene rings is 2. The molecule has 0 saturated heterocycles. The lowest BCUT2D eigenvalue weighted by Crippen LogP contribution is -2.19. The Morgan fingerprint density at radius 1 is 1.04 bits per heavy atom. The molecule has 134 valence electrons. The molecule has 0 radical (unpaired) electrons. The zero-order valence-electron chi connectivity index (χ0n) is 13.7. The van der Waals surface area contributed by atoms with E-state index in [1.807, 2.05) is 30.3 Å². The number of carbonyl (C=O) groups excluding carboxylic acids is 1. The van der Waals surface area contributed by atoms with Gasteiger partial charge in [0.25, 0.3) is 10.1 Å². The van der Waals surface area contributed by atoms with Gasteiger partial charge >= 0.3 is 6.03 Å². The van der Waals surface area contributed by atoms with E-state index in [1.54, 1.807) is 17.8 Å². The second-order valence-electron chi connectivity index (χ2n) is 5.48. The predicted molar refractivity (Wildman–Crippen MR) is 97.5 cm³/mol. The largest absolute Gasteiger partial charge is 0.324 e. The summed E-state index contributed by atoms with van der Waals surface area (Å²) in [5.41, 5.74) is 2.18. The summed E-state index contributed by atoms with van der Waals surface area (Å²) in [6, 6.07) is 16.0. The number of aromatic nitrogens is 2. The van der Waals surface area contributed by atoms with Gasteiger partial charge in [0.15, 0.2) is 5.82 Å².